The highest BCUT2D eigenvalue weighted by atomic mass is 35.5. The van der Waals surface area contributed by atoms with Crippen molar-refractivity contribution in [2.45, 2.75) is 0 Å². The van der Waals surface area contributed by atoms with Gasteiger partial charge in [0.25, 0.3) is 0 Å². The van der Waals surface area contributed by atoms with Crippen LogP contribution in [-0.2, 0) is 9.57 Å². The Morgan fingerprint density at radius 3 is 3.09 bits per heavy atom. The summed E-state index contributed by atoms with van der Waals surface area (Å²) in [5.41, 5.74) is 0. The number of hydroxylamine groups is 1. The van der Waals surface area contributed by atoms with E-state index in [1.165, 1.54) is 17.1 Å². The van der Waals surface area contributed by atoms with Crippen molar-refractivity contribution in [2.75, 3.05) is 20.3 Å². The summed E-state index contributed by atoms with van der Waals surface area (Å²) in [7, 11) is 1.62. The van der Waals surface area contributed by atoms with Crippen LogP contribution in [-0.4, -0.2) is 25.5 Å². The third kappa shape index (κ3) is 3.31. The van der Waals surface area contributed by atoms with Crippen LogP contribution in [0, 0.1) is 0 Å². The Hall–Kier alpha value is 0.0600. The molecule has 1 rings (SSSR count). The summed E-state index contributed by atoms with van der Waals surface area (Å²) in [6.07, 6.45) is 1.65. The van der Waals surface area contributed by atoms with Gasteiger partial charge < -0.3 is 4.74 Å². The maximum Gasteiger partial charge on any atom is 0.110 e. The van der Waals surface area contributed by atoms with Gasteiger partial charge >= 0.3 is 0 Å². The highest BCUT2D eigenvalue weighted by Gasteiger charge is 2.10. The van der Waals surface area contributed by atoms with E-state index < -0.39 is 0 Å². The Kier molecular flexibility index (Phi) is 4.03. The predicted octanol–water partition coefficient (Wildman–Crippen LogP) is 1.07. The third-order valence-corrected chi connectivity index (χ3v) is 1.87. The topological polar surface area (TPSA) is 33.7 Å². The molecule has 6 heteroatoms. The molecular weight excluding hydrogens is 188 g/mol. The van der Waals surface area contributed by atoms with Crippen LogP contribution in [0.3, 0.4) is 0 Å². The van der Waals surface area contributed by atoms with Crippen molar-refractivity contribution in [3.63, 3.8) is 0 Å². The molecule has 1 heterocycles. The van der Waals surface area contributed by atoms with Gasteiger partial charge in [-0.3, -0.25) is 4.84 Å². The Morgan fingerprint density at radius 2 is 2.55 bits per heavy atom. The van der Waals surface area contributed by atoms with Gasteiger partial charge in [-0.1, -0.05) is 11.6 Å². The number of hydrogen-bond acceptors (Lipinski definition) is 5. The molecule has 1 aliphatic heterocycles. The number of rotatable bonds is 4. The molecule has 0 saturated heterocycles. The molecule has 0 aromatic rings. The van der Waals surface area contributed by atoms with Crippen molar-refractivity contribution in [3.8, 4) is 0 Å². The van der Waals surface area contributed by atoms with Crippen molar-refractivity contribution in [1.29, 1.82) is 0 Å². The van der Waals surface area contributed by atoms with Gasteiger partial charge in [0.15, 0.2) is 0 Å². The lowest BCUT2D eigenvalue weighted by atomic mass is 10.8. The summed E-state index contributed by atoms with van der Waals surface area (Å²) >= 11 is 6.93. The van der Waals surface area contributed by atoms with Gasteiger partial charge in [-0.2, -0.15) is 5.17 Å². The van der Waals surface area contributed by atoms with Crippen LogP contribution in [0.5, 0.6) is 0 Å². The molecule has 1 N–H and O–H groups in total. The normalized spacial score (nSPS) is 17.3. The number of nitrogens with zero attached hydrogens (tertiary/aromatic N) is 1. The predicted molar refractivity (Wildman–Crippen MR) is 44.3 cm³/mol. The molecule has 0 saturated carbocycles. The van der Waals surface area contributed by atoms with Gasteiger partial charge in [-0.05, 0) is 11.9 Å². The summed E-state index contributed by atoms with van der Waals surface area (Å²) in [6, 6.07) is 0. The molecule has 0 spiro atoms. The summed E-state index contributed by atoms with van der Waals surface area (Å²) < 4.78 is 5.44. The van der Waals surface area contributed by atoms with Crippen molar-refractivity contribution in [2.24, 2.45) is 0 Å². The van der Waals surface area contributed by atoms with Crippen LogP contribution in [0.2, 0.25) is 0 Å². The Balaban J connectivity index is 2.08. The Bertz CT molecular complexity index is 155. The van der Waals surface area contributed by atoms with E-state index in [0.717, 1.165) is 0 Å². The zero-order chi connectivity index (χ0) is 8.10. The van der Waals surface area contributed by atoms with Crippen molar-refractivity contribution in [1.82, 2.24) is 10.0 Å². The number of halogens is 1. The summed E-state index contributed by atoms with van der Waals surface area (Å²) in [6.45, 7) is 1.07. The van der Waals surface area contributed by atoms with E-state index in [9.17, 15) is 0 Å². The Morgan fingerprint density at radius 1 is 1.73 bits per heavy atom. The second kappa shape index (κ2) is 4.84. The fourth-order valence-corrected chi connectivity index (χ4v) is 1.14. The molecule has 0 aromatic carbocycles. The minimum Gasteiger partial charge on any atom is -0.382 e. The van der Waals surface area contributed by atoms with Crippen molar-refractivity contribution in [3.05, 3.63) is 10.6 Å². The number of hydrazine groups is 1. The van der Waals surface area contributed by atoms with E-state index in [2.05, 4.69) is 4.83 Å². The summed E-state index contributed by atoms with van der Waals surface area (Å²) in [4.78, 5) is 7.94. The van der Waals surface area contributed by atoms with Gasteiger partial charge in [0.05, 0.1) is 19.4 Å². The first kappa shape index (κ1) is 9.15. The van der Waals surface area contributed by atoms with Crippen LogP contribution in [0.4, 0.5) is 0 Å². The van der Waals surface area contributed by atoms with Crippen LogP contribution >= 0.6 is 23.5 Å². The molecule has 4 nitrogen and oxygen atoms in total. The third-order valence-electron chi connectivity index (χ3n) is 0.970. The minimum atomic E-state index is 0.505. The monoisotopic (exact) mass is 196 g/mol. The molecule has 1 aliphatic rings. The molecule has 0 fully saturated rings. The first-order chi connectivity index (χ1) is 5.33. The SMILES string of the molecule is COCCON1C=C(Cl)SN1. The first-order valence-electron chi connectivity index (χ1n) is 3.04. The van der Waals surface area contributed by atoms with Crippen LogP contribution in [0.1, 0.15) is 0 Å². The van der Waals surface area contributed by atoms with E-state index in [4.69, 9.17) is 21.2 Å². The van der Waals surface area contributed by atoms with Crippen molar-refractivity contribution >= 4 is 23.5 Å². The smallest absolute Gasteiger partial charge is 0.110 e. The van der Waals surface area contributed by atoms with Gasteiger partial charge in [-0.25, -0.2) is 0 Å². The molecule has 0 amide bonds. The second-order valence-electron chi connectivity index (χ2n) is 1.78. The molecule has 0 radical (unpaired) electrons. The maximum atomic E-state index is 5.63. The molecular formula is C5H9ClN2O2S. The highest BCUT2D eigenvalue weighted by molar-refractivity contribution is 8.02. The standard InChI is InChI=1S/C5H9ClN2O2S/c1-9-2-3-10-8-4-5(6)11-7-8/h4,7H,2-3H2,1H3. The first-order valence-corrected chi connectivity index (χ1v) is 4.23. The zero-order valence-corrected chi connectivity index (χ0v) is 7.61. The molecule has 64 valence electrons. The van der Waals surface area contributed by atoms with E-state index in [-0.39, 0.29) is 0 Å². The Labute approximate surface area is 74.5 Å². The van der Waals surface area contributed by atoms with Gasteiger partial charge in [-0.15, -0.1) is 4.83 Å². The zero-order valence-electron chi connectivity index (χ0n) is 6.04. The lowest BCUT2D eigenvalue weighted by Crippen LogP contribution is -2.25. The molecule has 0 bridgehead atoms. The second-order valence-corrected chi connectivity index (χ2v) is 3.24. The molecule has 0 aromatic heterocycles. The molecule has 0 unspecified atom stereocenters. The van der Waals surface area contributed by atoms with E-state index >= 15 is 0 Å². The fraction of sp³-hybridized carbons (Fsp3) is 0.600. The van der Waals surface area contributed by atoms with Crippen LogP contribution in [0.25, 0.3) is 0 Å². The largest absolute Gasteiger partial charge is 0.382 e. The molecule has 0 aliphatic carbocycles. The average Bonchev–Trinajstić information content (AvgIpc) is 2.37. The number of nitrogens with one attached hydrogen (secondary N) is 1. The number of hydrogen-bond donors (Lipinski definition) is 1. The summed E-state index contributed by atoms with van der Waals surface area (Å²) in [5, 5.41) is 1.45. The highest BCUT2D eigenvalue weighted by Crippen LogP contribution is 2.23. The van der Waals surface area contributed by atoms with Crippen molar-refractivity contribution < 1.29 is 9.57 Å². The molecule has 0 atom stereocenters. The van der Waals surface area contributed by atoms with Crippen LogP contribution < -0.4 is 4.83 Å². The lowest BCUT2D eigenvalue weighted by Gasteiger charge is -2.12. The van der Waals surface area contributed by atoms with Crippen LogP contribution in [0.15, 0.2) is 10.6 Å². The van der Waals surface area contributed by atoms with Gasteiger partial charge in [0, 0.05) is 7.11 Å². The number of methoxy groups -OCH3 is 1. The minimum absolute atomic E-state index is 0.505. The van der Waals surface area contributed by atoms with Gasteiger partial charge in [0.2, 0.25) is 0 Å². The average molecular weight is 197 g/mol. The molecule has 11 heavy (non-hydrogen) atoms. The van der Waals surface area contributed by atoms with Gasteiger partial charge in [0.1, 0.15) is 4.36 Å². The fourth-order valence-electron chi connectivity index (χ4n) is 0.516. The number of ether oxygens (including phenoxy) is 1. The summed E-state index contributed by atoms with van der Waals surface area (Å²) in [5.74, 6) is 0. The van der Waals surface area contributed by atoms with E-state index in [0.29, 0.717) is 17.6 Å². The van der Waals surface area contributed by atoms with E-state index in [1.807, 2.05) is 0 Å². The van der Waals surface area contributed by atoms with E-state index in [1.54, 1.807) is 13.3 Å². The lowest BCUT2D eigenvalue weighted by molar-refractivity contribution is -0.144. The maximum absolute atomic E-state index is 5.63. The quantitative estimate of drug-likeness (QED) is 0.538.